The molecular formula is C52H62ClN11O8S2. The third kappa shape index (κ3) is 13.8. The summed E-state index contributed by atoms with van der Waals surface area (Å²) in [7, 11) is -3.07. The van der Waals surface area contributed by atoms with E-state index < -0.39 is 26.0 Å². The van der Waals surface area contributed by atoms with Crippen LogP contribution in [0.3, 0.4) is 0 Å². The second kappa shape index (κ2) is 23.1. The number of likely N-dealkylation sites (tertiary alicyclic amines) is 2. The summed E-state index contributed by atoms with van der Waals surface area (Å²) >= 11 is 6.31. The molecule has 19 nitrogen and oxygen atoms in total. The topological polar surface area (TPSA) is 234 Å². The molecule has 22 heteroatoms. The monoisotopic (exact) mass is 1070 g/mol. The number of nitrogens with one attached hydrogen (secondary N) is 2. The van der Waals surface area contributed by atoms with Gasteiger partial charge in [0.2, 0.25) is 20.0 Å². The van der Waals surface area contributed by atoms with Crippen molar-refractivity contribution in [1.82, 2.24) is 39.0 Å². The van der Waals surface area contributed by atoms with Crippen LogP contribution in [0.15, 0.2) is 91.0 Å². The molecule has 0 unspecified atom stereocenters. The fraction of sp³-hybridized carbons (Fsp3) is 0.365. The van der Waals surface area contributed by atoms with Crippen LogP contribution < -0.4 is 14.3 Å². The summed E-state index contributed by atoms with van der Waals surface area (Å²) in [5.41, 5.74) is 8.04. The highest BCUT2D eigenvalue weighted by atomic mass is 35.5. The molecule has 7 aromatic rings. The van der Waals surface area contributed by atoms with Crippen LogP contribution in [0.1, 0.15) is 116 Å². The van der Waals surface area contributed by atoms with Crippen LogP contribution in [0.2, 0.25) is 5.15 Å². The van der Waals surface area contributed by atoms with E-state index in [4.69, 9.17) is 21.8 Å². The molecule has 0 saturated carbocycles. The maximum absolute atomic E-state index is 13.7. The van der Waals surface area contributed by atoms with Gasteiger partial charge < -0.3 is 14.9 Å². The van der Waals surface area contributed by atoms with Gasteiger partial charge in [-0.2, -0.15) is 14.7 Å². The molecule has 74 heavy (non-hydrogen) atoms. The van der Waals surface area contributed by atoms with E-state index in [1.165, 1.54) is 12.1 Å². The fourth-order valence-corrected chi connectivity index (χ4v) is 10.6. The predicted molar refractivity (Wildman–Crippen MR) is 288 cm³/mol. The quantitative estimate of drug-likeness (QED) is 0.0772. The zero-order valence-electron chi connectivity index (χ0n) is 42.7. The van der Waals surface area contributed by atoms with Gasteiger partial charge in [-0.1, -0.05) is 71.6 Å². The number of aromatic nitrogens is 6. The summed E-state index contributed by atoms with van der Waals surface area (Å²) in [6.45, 7) is 9.37. The molecule has 3 N–H and O–H groups in total. The number of fused-ring (bicyclic) bond motifs is 2. The maximum Gasteiger partial charge on any atom is 0.337 e. The Balaban J connectivity index is 0.000000174. The van der Waals surface area contributed by atoms with Crippen molar-refractivity contribution in [2.75, 3.05) is 60.6 Å². The van der Waals surface area contributed by atoms with Crippen molar-refractivity contribution in [3.05, 3.63) is 147 Å². The molecule has 0 spiro atoms. The lowest BCUT2D eigenvalue weighted by molar-refractivity contribution is 0.0605. The van der Waals surface area contributed by atoms with Gasteiger partial charge in [-0.05, 0) is 96.7 Å². The zero-order valence-corrected chi connectivity index (χ0v) is 45.1. The fourth-order valence-electron chi connectivity index (χ4n) is 9.11. The molecule has 2 saturated heterocycles. The maximum atomic E-state index is 13.7. The number of benzene rings is 3. The van der Waals surface area contributed by atoms with Crippen LogP contribution in [0, 0.1) is 27.7 Å². The number of carbonyl (C=O) groups excluding carboxylic acids is 2. The van der Waals surface area contributed by atoms with Gasteiger partial charge in [0, 0.05) is 55.8 Å². The first-order valence-corrected chi connectivity index (χ1v) is 28.2. The van der Waals surface area contributed by atoms with Crippen LogP contribution in [0.4, 0.5) is 17.2 Å². The molecule has 0 aliphatic carbocycles. The molecule has 9 rings (SSSR count). The number of ketones is 1. The van der Waals surface area contributed by atoms with Crippen molar-refractivity contribution >= 4 is 77.8 Å². The number of halogens is 1. The van der Waals surface area contributed by atoms with Crippen molar-refractivity contribution in [1.29, 1.82) is 0 Å². The predicted octanol–water partition coefficient (Wildman–Crippen LogP) is 8.32. The van der Waals surface area contributed by atoms with E-state index in [-0.39, 0.29) is 35.0 Å². The SMILES string of the molecule is Cc1cc(Cl)n2nc([C@@H]3CCCCN3CC(=O)c3ccccc3)cc2n1.Cc1ccc(NS(C)(=O)=O)c(C(=O)N2CCCC[C@H]2c2cc3nc(C)cc(N(C)C)n3n2)c1.Cc1ccc(NS(C)(=O)=O)c(C(=O)O)c1. The molecule has 2 aliphatic rings. The Kier molecular flexibility index (Phi) is 17.1. The number of Topliss-reactive ketones (excluding diaryl/α,β-unsaturated/α-hetero) is 1. The van der Waals surface area contributed by atoms with Crippen molar-refractivity contribution in [3.8, 4) is 0 Å². The van der Waals surface area contributed by atoms with Gasteiger partial charge in [-0.15, -0.1) is 0 Å². The van der Waals surface area contributed by atoms with E-state index in [0.717, 1.165) is 114 Å². The van der Waals surface area contributed by atoms with Crippen LogP contribution in [-0.4, -0.2) is 125 Å². The van der Waals surface area contributed by atoms with Crippen molar-refractivity contribution in [3.63, 3.8) is 0 Å². The number of hydrogen-bond acceptors (Lipinski definition) is 13. The lowest BCUT2D eigenvalue weighted by atomic mass is 9.97. The van der Waals surface area contributed by atoms with E-state index in [2.05, 4.69) is 29.4 Å². The third-order valence-corrected chi connectivity index (χ3v) is 13.9. The Bertz CT molecular complexity index is 3440. The summed E-state index contributed by atoms with van der Waals surface area (Å²) < 4.78 is 53.8. The van der Waals surface area contributed by atoms with Crippen LogP contribution in [0.25, 0.3) is 11.3 Å². The highest BCUT2D eigenvalue weighted by molar-refractivity contribution is 7.92. The molecule has 392 valence electrons. The number of aromatic carboxylic acids is 1. The van der Waals surface area contributed by atoms with E-state index in [1.807, 2.05) is 104 Å². The van der Waals surface area contributed by atoms with Gasteiger partial charge in [-0.3, -0.25) is 23.9 Å². The zero-order chi connectivity index (χ0) is 53.6. The molecule has 6 heterocycles. The van der Waals surface area contributed by atoms with Gasteiger partial charge in [-0.25, -0.2) is 36.1 Å². The number of anilines is 3. The highest BCUT2D eigenvalue weighted by Crippen LogP contribution is 2.35. The van der Waals surface area contributed by atoms with E-state index in [9.17, 15) is 31.2 Å². The van der Waals surface area contributed by atoms with E-state index in [0.29, 0.717) is 29.5 Å². The highest BCUT2D eigenvalue weighted by Gasteiger charge is 2.33. The Morgan fingerprint density at radius 3 is 1.80 bits per heavy atom. The Morgan fingerprint density at radius 1 is 0.676 bits per heavy atom. The summed E-state index contributed by atoms with van der Waals surface area (Å²) in [5, 5.41) is 18.9. The van der Waals surface area contributed by atoms with Crippen molar-refractivity contribution in [2.24, 2.45) is 0 Å². The Labute approximate surface area is 436 Å². The number of carbonyl (C=O) groups is 3. The van der Waals surface area contributed by atoms with Gasteiger partial charge >= 0.3 is 5.97 Å². The molecule has 1 amide bonds. The number of rotatable bonds is 12. The third-order valence-electron chi connectivity index (χ3n) is 12.4. The van der Waals surface area contributed by atoms with E-state index in [1.54, 1.807) is 35.7 Å². The lowest BCUT2D eigenvalue weighted by Gasteiger charge is -2.35. The van der Waals surface area contributed by atoms with E-state index >= 15 is 0 Å². The number of piperidine rings is 2. The number of carboxylic acid groups (broad SMARTS) is 1. The van der Waals surface area contributed by atoms with Crippen molar-refractivity contribution < 1.29 is 36.3 Å². The van der Waals surface area contributed by atoms with Crippen LogP contribution in [0.5, 0.6) is 0 Å². The first kappa shape index (κ1) is 54.8. The molecule has 2 fully saturated rings. The van der Waals surface area contributed by atoms with Gasteiger partial charge in [0.15, 0.2) is 17.1 Å². The Hall–Kier alpha value is -6.94. The average molecular weight is 1070 g/mol. The van der Waals surface area contributed by atoms with Crippen LogP contribution >= 0.6 is 11.6 Å². The minimum atomic E-state index is -3.53. The second-order valence-corrected chi connectivity index (χ2v) is 22.9. The van der Waals surface area contributed by atoms with Gasteiger partial charge in [0.25, 0.3) is 5.91 Å². The van der Waals surface area contributed by atoms with Gasteiger partial charge in [0.05, 0.1) is 65.0 Å². The summed E-state index contributed by atoms with van der Waals surface area (Å²) in [5.74, 6) is -0.308. The standard InChI is InChI=1S/C23H30N6O3S.C20H21ClN4O.C9H11NO4S/c1-15-9-10-18(26-33(5,31)32)17(12-15)23(30)28-11-7-6-8-20(28)19-14-21-24-16(2)13-22(27(3)4)29(21)25-19;1-14-11-19(21)25-20(22-14)12-16(23-25)17-9-5-6-10-24(17)13-18(26)15-7-3-2-4-8-15;1-6-3-4-8(10-15(2,13)14)7(5-6)9(11)12/h9-10,12-14,20,26H,6-8,11H2,1-5H3;2-4,7-8,11-12,17H,5-6,9-10,13H2,1H3;3-5,10H,1-2H3,(H,11,12)/t20-;17-;/m00./s1. The average Bonchev–Trinajstić information content (AvgIpc) is 3.97. The first-order valence-electron chi connectivity index (χ1n) is 24.1. The molecule has 0 radical (unpaired) electrons. The molecule has 0 bridgehead atoms. The minimum Gasteiger partial charge on any atom is -0.478 e. The number of hydrogen-bond donors (Lipinski definition) is 3. The minimum absolute atomic E-state index is 0.0552. The molecule has 4 aromatic heterocycles. The molecular weight excluding hydrogens is 1010 g/mol. The molecule has 3 aromatic carbocycles. The van der Waals surface area contributed by atoms with Crippen LogP contribution in [-0.2, 0) is 20.0 Å². The largest absolute Gasteiger partial charge is 0.478 e. The van der Waals surface area contributed by atoms with Gasteiger partial charge in [0.1, 0.15) is 11.0 Å². The smallest absolute Gasteiger partial charge is 0.337 e. The number of sulfonamides is 2. The number of amides is 1. The molecule has 2 aliphatic heterocycles. The number of aryl methyl sites for hydroxylation is 4. The first-order chi connectivity index (χ1) is 34.9. The summed E-state index contributed by atoms with van der Waals surface area (Å²) in [6, 6.07) is 26.8. The number of nitrogens with zero attached hydrogens (tertiary/aromatic N) is 9. The second-order valence-electron chi connectivity index (χ2n) is 19.0. The van der Waals surface area contributed by atoms with Crippen molar-refractivity contribution in [2.45, 2.75) is 78.3 Å². The number of carboxylic acids is 1. The lowest BCUT2D eigenvalue weighted by Crippen LogP contribution is -2.39. The summed E-state index contributed by atoms with van der Waals surface area (Å²) in [6.07, 6.45) is 7.93. The molecule has 2 atom stereocenters. The normalized spacial score (nSPS) is 16.1. The Morgan fingerprint density at radius 2 is 1.20 bits per heavy atom. The summed E-state index contributed by atoms with van der Waals surface area (Å²) in [4.78, 5) is 52.4.